The number of hydrogen-bond donors (Lipinski definition) is 3. The van der Waals surface area contributed by atoms with Crippen LogP contribution in [-0.4, -0.2) is 32.4 Å². The van der Waals surface area contributed by atoms with E-state index in [0.29, 0.717) is 35.4 Å². The number of fused-ring (bicyclic) bond motifs is 5. The molecule has 0 aromatic carbocycles. The van der Waals surface area contributed by atoms with Gasteiger partial charge in [-0.05, 0) is 62.3 Å². The van der Waals surface area contributed by atoms with Crippen molar-refractivity contribution in [3.05, 3.63) is 33.2 Å². The maximum absolute atomic E-state index is 13.8. The van der Waals surface area contributed by atoms with E-state index < -0.39 is 11.6 Å². The maximum Gasteiger partial charge on any atom is 0.343 e. The molecule has 6 rings (SSSR count). The monoisotopic (exact) mass is 526 g/mol. The van der Waals surface area contributed by atoms with Crippen LogP contribution in [0.15, 0.2) is 10.9 Å². The molecule has 2 saturated carbocycles. The fourth-order valence-electron chi connectivity index (χ4n) is 9.36. The fourth-order valence-corrected chi connectivity index (χ4v) is 9.36. The van der Waals surface area contributed by atoms with Crippen molar-refractivity contribution in [2.75, 3.05) is 0 Å². The Morgan fingerprint density at radius 3 is 2.47 bits per heavy atom. The summed E-state index contributed by atoms with van der Waals surface area (Å²) < 4.78 is 7.19. The Morgan fingerprint density at radius 2 is 1.79 bits per heavy atom. The number of esters is 1. The summed E-state index contributed by atoms with van der Waals surface area (Å²) in [5.41, 5.74) is -0.157. The highest BCUT2D eigenvalue weighted by Crippen LogP contribution is 2.57. The zero-order valence-corrected chi connectivity index (χ0v) is 23.2. The quantitative estimate of drug-likeness (QED) is 0.503. The third-order valence-electron chi connectivity index (χ3n) is 11.3. The van der Waals surface area contributed by atoms with Crippen molar-refractivity contribution < 1.29 is 19.7 Å². The molecule has 2 aliphatic carbocycles. The van der Waals surface area contributed by atoms with Gasteiger partial charge in [-0.25, -0.2) is 4.79 Å². The average molecular weight is 527 g/mol. The van der Waals surface area contributed by atoms with Crippen molar-refractivity contribution in [1.29, 1.82) is 0 Å². The Bertz CT molecular complexity index is 1120. The summed E-state index contributed by atoms with van der Waals surface area (Å²) in [6, 6.07) is 1.97. The Kier molecular flexibility index (Phi) is 7.01. The van der Waals surface area contributed by atoms with Crippen molar-refractivity contribution >= 4 is 5.97 Å². The van der Waals surface area contributed by atoms with Crippen molar-refractivity contribution in [3.8, 4) is 0 Å². The largest absolute Gasteiger partial charge is 0.458 e. The number of piperidine rings is 1. The molecule has 0 radical (unpaired) electrons. The van der Waals surface area contributed by atoms with Gasteiger partial charge in [-0.1, -0.05) is 58.8 Å². The summed E-state index contributed by atoms with van der Waals surface area (Å²) >= 11 is 0. The van der Waals surface area contributed by atoms with Crippen molar-refractivity contribution in [2.45, 2.75) is 134 Å². The summed E-state index contributed by atoms with van der Waals surface area (Å²) in [4.78, 5) is 26.5. The molecule has 1 aromatic heterocycles. The smallest absolute Gasteiger partial charge is 0.343 e. The van der Waals surface area contributed by atoms with E-state index in [9.17, 15) is 19.8 Å². The van der Waals surface area contributed by atoms with Gasteiger partial charge in [0.2, 0.25) is 0 Å². The van der Waals surface area contributed by atoms with Crippen LogP contribution in [0.1, 0.15) is 120 Å². The van der Waals surface area contributed by atoms with Gasteiger partial charge in [-0.3, -0.25) is 4.79 Å². The number of aliphatic hydroxyl groups is 2. The molecule has 0 amide bonds. The highest BCUT2D eigenvalue weighted by Gasteiger charge is 2.59. The number of nitrogens with zero attached hydrogens (tertiary/aromatic N) is 1. The van der Waals surface area contributed by atoms with E-state index in [1.807, 2.05) is 10.6 Å². The van der Waals surface area contributed by atoms with E-state index in [1.165, 1.54) is 51.4 Å². The summed E-state index contributed by atoms with van der Waals surface area (Å²) in [6.45, 7) is 4.61. The van der Waals surface area contributed by atoms with Crippen LogP contribution in [-0.2, 0) is 28.3 Å². The lowest BCUT2D eigenvalue weighted by Crippen LogP contribution is -2.67. The first-order chi connectivity index (χ1) is 18.3. The topological polar surface area (TPSA) is 101 Å². The molecule has 0 spiro atoms. The van der Waals surface area contributed by atoms with Gasteiger partial charge in [0.15, 0.2) is 5.60 Å². The number of ether oxygens (including phenoxy) is 1. The SMILES string of the molecule is CCC1C2Cn3c(cc4c(c3=O)COC(=O)[C@]4(O)CC)C2NC2(C3CCCCCCCC3)CCC(O)CC12. The predicted molar refractivity (Wildman–Crippen MR) is 144 cm³/mol. The molecular formula is C31H46N2O5. The Hall–Kier alpha value is -1.70. The van der Waals surface area contributed by atoms with Gasteiger partial charge in [0.05, 0.1) is 17.7 Å². The molecule has 7 atom stereocenters. The zero-order valence-electron chi connectivity index (χ0n) is 23.2. The van der Waals surface area contributed by atoms with Crippen molar-refractivity contribution in [2.24, 2.45) is 23.7 Å². The first-order valence-electron chi connectivity index (χ1n) is 15.5. The lowest BCUT2D eigenvalue weighted by molar-refractivity contribution is -0.172. The molecule has 7 heteroatoms. The van der Waals surface area contributed by atoms with Gasteiger partial charge in [0.1, 0.15) is 6.61 Å². The fraction of sp³-hybridized carbons (Fsp3) is 0.806. The summed E-state index contributed by atoms with van der Waals surface area (Å²) in [7, 11) is 0. The van der Waals surface area contributed by atoms with Gasteiger partial charge in [0, 0.05) is 29.3 Å². The normalized spacial score (nSPS) is 39.6. The maximum atomic E-state index is 13.8. The highest BCUT2D eigenvalue weighted by molar-refractivity contribution is 5.83. The molecule has 210 valence electrons. The molecule has 38 heavy (non-hydrogen) atoms. The Labute approximate surface area is 226 Å². The van der Waals surface area contributed by atoms with Gasteiger partial charge in [-0.15, -0.1) is 0 Å². The number of carbonyl (C=O) groups excluding carboxylic acids is 1. The van der Waals surface area contributed by atoms with E-state index in [0.717, 1.165) is 31.4 Å². The second-order valence-electron chi connectivity index (χ2n) is 13.0. The highest BCUT2D eigenvalue weighted by atomic mass is 16.6. The zero-order chi connectivity index (χ0) is 26.7. The number of hydrogen-bond acceptors (Lipinski definition) is 6. The molecule has 3 fully saturated rings. The molecule has 3 N–H and O–H groups in total. The second-order valence-corrected chi connectivity index (χ2v) is 13.0. The van der Waals surface area contributed by atoms with Gasteiger partial charge < -0.3 is 24.8 Å². The Morgan fingerprint density at radius 1 is 1.08 bits per heavy atom. The molecule has 4 heterocycles. The number of nitrogens with one attached hydrogen (secondary N) is 1. The van der Waals surface area contributed by atoms with Crippen molar-refractivity contribution in [3.63, 3.8) is 0 Å². The summed E-state index contributed by atoms with van der Waals surface area (Å²) in [5, 5.41) is 26.4. The average Bonchev–Trinajstić information content (AvgIpc) is 3.34. The Balaban J connectivity index is 1.46. The minimum atomic E-state index is -1.77. The van der Waals surface area contributed by atoms with Crippen LogP contribution in [0.5, 0.6) is 0 Å². The number of aromatic nitrogens is 1. The third-order valence-corrected chi connectivity index (χ3v) is 11.3. The minimum absolute atomic E-state index is 0.0103. The summed E-state index contributed by atoms with van der Waals surface area (Å²) in [5.74, 6) is 0.956. The standard InChI is InChI=1S/C31H46N2O5/c1-3-21-22-17-33-26(16-25-23(28(33)35)18-38-29(36)31(25,37)4-2)27(22)32-30(14-13-20(34)15-24(21)30)19-11-9-7-5-6-8-10-12-19/h16,19-22,24,27,32,34,37H,3-15,17-18H2,1-2H3/t20?,21?,22?,24?,27?,30?,31-/m0/s1. The molecule has 1 saturated heterocycles. The van der Waals surface area contributed by atoms with Gasteiger partial charge in [-0.2, -0.15) is 0 Å². The van der Waals surface area contributed by atoms with E-state index in [4.69, 9.17) is 4.74 Å². The summed E-state index contributed by atoms with van der Waals surface area (Å²) in [6.07, 6.45) is 13.9. The first-order valence-corrected chi connectivity index (χ1v) is 15.5. The predicted octanol–water partition coefficient (Wildman–Crippen LogP) is 4.45. The lowest BCUT2D eigenvalue weighted by atomic mass is 9.53. The second kappa shape index (κ2) is 10.0. The molecular weight excluding hydrogens is 480 g/mol. The van der Waals surface area contributed by atoms with Crippen LogP contribution in [0, 0.1) is 23.7 Å². The number of aliphatic hydroxyl groups excluding tert-OH is 1. The van der Waals surface area contributed by atoms with Crippen LogP contribution in [0.4, 0.5) is 0 Å². The molecule has 1 aromatic rings. The van der Waals surface area contributed by atoms with Crippen LogP contribution < -0.4 is 10.9 Å². The molecule has 6 unspecified atom stereocenters. The van der Waals surface area contributed by atoms with Crippen LogP contribution in [0.3, 0.4) is 0 Å². The minimum Gasteiger partial charge on any atom is -0.458 e. The molecule has 5 aliphatic rings. The van der Waals surface area contributed by atoms with Gasteiger partial charge in [0.25, 0.3) is 5.56 Å². The number of pyridine rings is 1. The van der Waals surface area contributed by atoms with E-state index >= 15 is 0 Å². The molecule has 0 bridgehead atoms. The molecule has 3 aliphatic heterocycles. The molecule has 7 nitrogen and oxygen atoms in total. The van der Waals surface area contributed by atoms with Crippen LogP contribution in [0.25, 0.3) is 0 Å². The number of rotatable bonds is 3. The van der Waals surface area contributed by atoms with E-state index in [1.54, 1.807) is 6.92 Å². The van der Waals surface area contributed by atoms with Crippen molar-refractivity contribution in [1.82, 2.24) is 9.88 Å². The first kappa shape index (κ1) is 26.5. The van der Waals surface area contributed by atoms with E-state index in [-0.39, 0.29) is 42.2 Å². The number of cyclic esters (lactones) is 1. The lowest BCUT2D eigenvalue weighted by Gasteiger charge is -2.60. The third kappa shape index (κ3) is 3.94. The van der Waals surface area contributed by atoms with E-state index in [2.05, 4.69) is 12.2 Å². The van der Waals surface area contributed by atoms with Gasteiger partial charge >= 0.3 is 5.97 Å². The van der Waals surface area contributed by atoms with Crippen LogP contribution >= 0.6 is 0 Å². The van der Waals surface area contributed by atoms with Crippen LogP contribution in [0.2, 0.25) is 0 Å². The number of carbonyl (C=O) groups is 1.